The van der Waals surface area contributed by atoms with Crippen LogP contribution in [0.3, 0.4) is 0 Å². The van der Waals surface area contributed by atoms with E-state index < -0.39 is 12.7 Å². The first kappa shape index (κ1) is 10.6. The van der Waals surface area contributed by atoms with E-state index in [-0.39, 0.29) is 0 Å². The third kappa shape index (κ3) is 2.08. The predicted octanol–water partition coefficient (Wildman–Crippen LogP) is 2.54. The summed E-state index contributed by atoms with van der Waals surface area (Å²) in [6, 6.07) is 3.31. The van der Waals surface area contributed by atoms with E-state index >= 15 is 0 Å². The lowest BCUT2D eigenvalue weighted by Crippen LogP contribution is -2.19. The highest BCUT2D eigenvalue weighted by molar-refractivity contribution is 5.37. The second kappa shape index (κ2) is 3.37. The maximum Gasteiger partial charge on any atom is 0.406 e. The normalized spacial score (nSPS) is 11.4. The van der Waals surface area contributed by atoms with Crippen molar-refractivity contribution >= 4 is 0 Å². The Labute approximate surface area is 79.6 Å². The largest absolute Gasteiger partial charge is 0.406 e. The number of nitrogens with zero attached hydrogens (tertiary/aromatic N) is 2. The van der Waals surface area contributed by atoms with Crippen LogP contribution in [0, 0.1) is 25.2 Å². The molecule has 1 heterocycles. The average Bonchev–Trinajstić information content (AvgIpc) is 2.29. The lowest BCUT2D eigenvalue weighted by molar-refractivity contribution is -0.141. The number of aryl methyl sites for hydroxylation is 1. The van der Waals surface area contributed by atoms with Gasteiger partial charge in [-0.05, 0) is 19.9 Å². The molecule has 0 aliphatic rings. The number of hydrogen-bond acceptors (Lipinski definition) is 1. The van der Waals surface area contributed by atoms with Crippen LogP contribution in [0.15, 0.2) is 6.07 Å². The van der Waals surface area contributed by atoms with E-state index in [4.69, 9.17) is 5.26 Å². The zero-order valence-electron chi connectivity index (χ0n) is 7.81. The number of alkyl halides is 3. The van der Waals surface area contributed by atoms with Crippen molar-refractivity contribution in [1.29, 1.82) is 5.26 Å². The highest BCUT2D eigenvalue weighted by Crippen LogP contribution is 2.22. The van der Waals surface area contributed by atoms with Gasteiger partial charge in [0.15, 0.2) is 0 Å². The summed E-state index contributed by atoms with van der Waals surface area (Å²) in [6.45, 7) is 2.03. The molecule has 0 fully saturated rings. The number of aromatic nitrogens is 1. The van der Waals surface area contributed by atoms with Crippen LogP contribution in [0.25, 0.3) is 0 Å². The van der Waals surface area contributed by atoms with E-state index in [1.165, 1.54) is 13.0 Å². The highest BCUT2D eigenvalue weighted by atomic mass is 19.4. The third-order valence-corrected chi connectivity index (χ3v) is 2.03. The van der Waals surface area contributed by atoms with Crippen LogP contribution in [0.5, 0.6) is 0 Å². The molecule has 0 saturated heterocycles. The van der Waals surface area contributed by atoms with Crippen molar-refractivity contribution in [2.75, 3.05) is 0 Å². The SMILES string of the molecule is Cc1cc(C#N)c(C)n1CC(F)(F)F. The van der Waals surface area contributed by atoms with Crippen LogP contribution in [0.4, 0.5) is 13.2 Å². The Kier molecular flexibility index (Phi) is 2.56. The van der Waals surface area contributed by atoms with Gasteiger partial charge < -0.3 is 4.57 Å². The summed E-state index contributed by atoms with van der Waals surface area (Å²) in [5, 5.41) is 8.61. The minimum absolute atomic E-state index is 0.298. The van der Waals surface area contributed by atoms with Crippen molar-refractivity contribution in [2.24, 2.45) is 0 Å². The molecule has 1 aromatic rings. The predicted molar refractivity (Wildman–Crippen MR) is 44.7 cm³/mol. The van der Waals surface area contributed by atoms with Gasteiger partial charge in [-0.3, -0.25) is 0 Å². The molecule has 2 nitrogen and oxygen atoms in total. The van der Waals surface area contributed by atoms with E-state index in [2.05, 4.69) is 0 Å². The van der Waals surface area contributed by atoms with Crippen LogP contribution in [-0.4, -0.2) is 10.7 Å². The fourth-order valence-corrected chi connectivity index (χ4v) is 1.34. The molecule has 0 aromatic carbocycles. The lowest BCUT2D eigenvalue weighted by Gasteiger charge is -2.11. The molecule has 0 spiro atoms. The minimum atomic E-state index is -4.25. The van der Waals surface area contributed by atoms with Gasteiger partial charge in [0.1, 0.15) is 12.6 Å². The van der Waals surface area contributed by atoms with Gasteiger partial charge in [-0.25, -0.2) is 0 Å². The van der Waals surface area contributed by atoms with Crippen LogP contribution < -0.4 is 0 Å². The number of rotatable bonds is 1. The molecule has 0 aliphatic carbocycles. The summed E-state index contributed by atoms with van der Waals surface area (Å²) >= 11 is 0. The second-order valence-corrected chi connectivity index (χ2v) is 3.10. The summed E-state index contributed by atoms with van der Waals surface area (Å²) in [7, 11) is 0. The summed E-state index contributed by atoms with van der Waals surface area (Å²) < 4.78 is 37.4. The first-order valence-corrected chi connectivity index (χ1v) is 3.98. The fourth-order valence-electron chi connectivity index (χ4n) is 1.34. The standard InChI is InChI=1S/C9H9F3N2/c1-6-3-8(4-13)7(2)14(6)5-9(10,11)12/h3H,5H2,1-2H3. The molecular formula is C9H9F3N2. The molecule has 76 valence electrons. The van der Waals surface area contributed by atoms with E-state index in [9.17, 15) is 13.2 Å². The van der Waals surface area contributed by atoms with Crippen molar-refractivity contribution < 1.29 is 13.2 Å². The monoisotopic (exact) mass is 202 g/mol. The molecule has 0 N–H and O–H groups in total. The highest BCUT2D eigenvalue weighted by Gasteiger charge is 2.29. The van der Waals surface area contributed by atoms with Gasteiger partial charge in [-0.2, -0.15) is 18.4 Å². The topological polar surface area (TPSA) is 28.7 Å². The molecule has 0 atom stereocenters. The number of hydrogen-bond donors (Lipinski definition) is 0. The summed E-state index contributed by atoms with van der Waals surface area (Å²) in [5.74, 6) is 0. The van der Waals surface area contributed by atoms with Crippen molar-refractivity contribution in [2.45, 2.75) is 26.6 Å². The number of nitriles is 1. The zero-order valence-corrected chi connectivity index (χ0v) is 7.81. The van der Waals surface area contributed by atoms with Gasteiger partial charge >= 0.3 is 6.18 Å². The Hall–Kier alpha value is -1.44. The van der Waals surface area contributed by atoms with Crippen molar-refractivity contribution in [1.82, 2.24) is 4.57 Å². The second-order valence-electron chi connectivity index (χ2n) is 3.10. The number of halogens is 3. The molecule has 0 saturated carbocycles. The molecule has 0 unspecified atom stereocenters. The Morgan fingerprint density at radius 2 is 2.00 bits per heavy atom. The van der Waals surface area contributed by atoms with Gasteiger partial charge in [0.2, 0.25) is 0 Å². The van der Waals surface area contributed by atoms with Crippen LogP contribution >= 0.6 is 0 Å². The molecule has 0 bridgehead atoms. The van der Waals surface area contributed by atoms with Crippen LogP contribution in [0.1, 0.15) is 17.0 Å². The molecule has 5 heteroatoms. The van der Waals surface area contributed by atoms with Gasteiger partial charge in [-0.15, -0.1) is 0 Å². The van der Waals surface area contributed by atoms with Gasteiger partial charge in [0.25, 0.3) is 0 Å². The van der Waals surface area contributed by atoms with Crippen LogP contribution in [0.2, 0.25) is 0 Å². The Balaban J connectivity index is 3.11. The molecule has 1 rings (SSSR count). The fraction of sp³-hybridized carbons (Fsp3) is 0.444. The summed E-state index contributed by atoms with van der Waals surface area (Å²) in [4.78, 5) is 0. The Morgan fingerprint density at radius 3 is 2.36 bits per heavy atom. The molecule has 0 radical (unpaired) electrons. The van der Waals surface area contributed by atoms with Crippen molar-refractivity contribution in [3.63, 3.8) is 0 Å². The summed E-state index contributed by atoms with van der Waals surface area (Å²) in [6.07, 6.45) is -4.25. The molecule has 14 heavy (non-hydrogen) atoms. The Morgan fingerprint density at radius 1 is 1.43 bits per heavy atom. The molecule has 0 amide bonds. The lowest BCUT2D eigenvalue weighted by atomic mass is 10.3. The minimum Gasteiger partial charge on any atom is -0.339 e. The van der Waals surface area contributed by atoms with E-state index in [0.717, 1.165) is 4.57 Å². The van der Waals surface area contributed by atoms with Gasteiger partial charge in [0, 0.05) is 11.4 Å². The first-order valence-electron chi connectivity index (χ1n) is 3.98. The summed E-state index contributed by atoms with van der Waals surface area (Å²) in [5.41, 5.74) is 1.12. The van der Waals surface area contributed by atoms with Gasteiger partial charge in [-0.1, -0.05) is 0 Å². The molecule has 0 aliphatic heterocycles. The molecular weight excluding hydrogens is 193 g/mol. The van der Waals surface area contributed by atoms with Crippen molar-refractivity contribution in [3.8, 4) is 6.07 Å². The Bertz CT molecular complexity index is 382. The van der Waals surface area contributed by atoms with E-state index in [1.807, 2.05) is 6.07 Å². The zero-order chi connectivity index (χ0) is 10.9. The quantitative estimate of drug-likeness (QED) is 0.687. The van der Waals surface area contributed by atoms with E-state index in [1.54, 1.807) is 6.92 Å². The maximum atomic E-state index is 12.1. The van der Waals surface area contributed by atoms with Crippen molar-refractivity contribution in [3.05, 3.63) is 23.0 Å². The average molecular weight is 202 g/mol. The smallest absolute Gasteiger partial charge is 0.339 e. The third-order valence-electron chi connectivity index (χ3n) is 2.03. The van der Waals surface area contributed by atoms with Gasteiger partial charge in [0.05, 0.1) is 5.56 Å². The maximum absolute atomic E-state index is 12.1. The van der Waals surface area contributed by atoms with Crippen LogP contribution in [-0.2, 0) is 6.54 Å². The van der Waals surface area contributed by atoms with E-state index in [0.29, 0.717) is 17.0 Å². The molecule has 1 aromatic heterocycles. The first-order chi connectivity index (χ1) is 6.35.